The standard InChI is InChI=1S/C23H15N3O4S2/c27-20(28)13-25-22(29)19(32-23(25)31)11-15-12-26(16-7-2-1-3-8-16)24-21(15)18-10-14-6-4-5-9-17(14)30-18/h1-12H,13H2,(H,27,28)/p-1. The maximum absolute atomic E-state index is 12.7. The van der Waals surface area contributed by atoms with Crippen molar-refractivity contribution in [2.75, 3.05) is 6.54 Å². The lowest BCUT2D eigenvalue weighted by molar-refractivity contribution is -0.305. The van der Waals surface area contributed by atoms with Crippen molar-refractivity contribution in [2.45, 2.75) is 0 Å². The molecule has 0 bridgehead atoms. The first-order valence-electron chi connectivity index (χ1n) is 9.59. The van der Waals surface area contributed by atoms with Crippen LogP contribution in [0, 0.1) is 0 Å². The molecule has 7 nitrogen and oxygen atoms in total. The molecule has 1 saturated heterocycles. The van der Waals surface area contributed by atoms with E-state index in [1.165, 1.54) is 0 Å². The van der Waals surface area contributed by atoms with Crippen molar-refractivity contribution in [3.63, 3.8) is 0 Å². The van der Waals surface area contributed by atoms with Crippen LogP contribution in [0.2, 0.25) is 0 Å². The van der Waals surface area contributed by atoms with Crippen molar-refractivity contribution in [3.05, 3.63) is 77.3 Å². The zero-order chi connectivity index (χ0) is 22.2. The van der Waals surface area contributed by atoms with Gasteiger partial charge in [0.1, 0.15) is 15.6 Å². The number of para-hydroxylation sites is 2. The summed E-state index contributed by atoms with van der Waals surface area (Å²) in [6.07, 6.45) is 3.45. The van der Waals surface area contributed by atoms with E-state index in [9.17, 15) is 14.7 Å². The number of furan rings is 1. The Morgan fingerprint density at radius 1 is 1.16 bits per heavy atom. The number of aliphatic carboxylic acids is 1. The molecule has 1 amide bonds. The third kappa shape index (κ3) is 3.72. The molecule has 0 saturated carbocycles. The van der Waals surface area contributed by atoms with Crippen molar-refractivity contribution < 1.29 is 19.1 Å². The Labute approximate surface area is 191 Å². The van der Waals surface area contributed by atoms with E-state index in [0.29, 0.717) is 21.9 Å². The number of benzene rings is 2. The van der Waals surface area contributed by atoms with Gasteiger partial charge in [0.05, 0.1) is 23.1 Å². The van der Waals surface area contributed by atoms with Crippen molar-refractivity contribution in [3.8, 4) is 17.1 Å². The lowest BCUT2D eigenvalue weighted by atomic mass is 10.1. The van der Waals surface area contributed by atoms with E-state index in [4.69, 9.17) is 21.7 Å². The molecule has 9 heteroatoms. The lowest BCUT2D eigenvalue weighted by Gasteiger charge is -2.14. The number of carbonyl (C=O) groups excluding carboxylic acids is 2. The van der Waals surface area contributed by atoms with Gasteiger partial charge < -0.3 is 14.3 Å². The summed E-state index contributed by atoms with van der Waals surface area (Å²) in [4.78, 5) is 25.0. The Morgan fingerprint density at radius 2 is 1.91 bits per heavy atom. The Morgan fingerprint density at radius 3 is 2.66 bits per heavy atom. The molecule has 0 unspecified atom stereocenters. The first-order valence-corrected chi connectivity index (χ1v) is 10.8. The molecule has 158 valence electrons. The number of amides is 1. The minimum Gasteiger partial charge on any atom is -0.548 e. The Hall–Kier alpha value is -3.69. The summed E-state index contributed by atoms with van der Waals surface area (Å²) in [6.45, 7) is -0.582. The topological polar surface area (TPSA) is 91.4 Å². The Balaban J connectivity index is 1.62. The summed E-state index contributed by atoms with van der Waals surface area (Å²) in [5.41, 5.74) is 2.76. The predicted octanol–water partition coefficient (Wildman–Crippen LogP) is 3.24. The molecule has 0 N–H and O–H groups in total. The van der Waals surface area contributed by atoms with Crippen LogP contribution in [0.25, 0.3) is 34.2 Å². The second-order valence-corrected chi connectivity index (χ2v) is 8.68. The fourth-order valence-corrected chi connectivity index (χ4v) is 4.65. The first kappa shape index (κ1) is 20.2. The van der Waals surface area contributed by atoms with Gasteiger partial charge >= 0.3 is 0 Å². The van der Waals surface area contributed by atoms with E-state index < -0.39 is 18.4 Å². The summed E-state index contributed by atoms with van der Waals surface area (Å²) in [5.74, 6) is -1.30. The van der Waals surface area contributed by atoms with Gasteiger partial charge in [-0.2, -0.15) is 5.10 Å². The average Bonchev–Trinajstić information content (AvgIpc) is 3.46. The molecule has 1 aliphatic rings. The highest BCUT2D eigenvalue weighted by molar-refractivity contribution is 8.26. The second kappa shape index (κ2) is 8.10. The Bertz CT molecular complexity index is 1370. The van der Waals surface area contributed by atoms with Gasteiger partial charge in [0, 0.05) is 17.1 Å². The number of carbonyl (C=O) groups is 2. The van der Waals surface area contributed by atoms with Gasteiger partial charge in [0.15, 0.2) is 5.76 Å². The van der Waals surface area contributed by atoms with Crippen LogP contribution in [0.4, 0.5) is 0 Å². The van der Waals surface area contributed by atoms with Crippen molar-refractivity contribution >= 4 is 57.2 Å². The van der Waals surface area contributed by atoms with Crippen LogP contribution in [0.1, 0.15) is 5.56 Å². The number of thiocarbonyl (C=S) groups is 1. The quantitative estimate of drug-likeness (QED) is 0.334. The van der Waals surface area contributed by atoms with Crippen LogP contribution in [0.5, 0.6) is 0 Å². The predicted molar refractivity (Wildman–Crippen MR) is 124 cm³/mol. The normalized spacial score (nSPS) is 15.2. The fourth-order valence-electron chi connectivity index (χ4n) is 3.40. The average molecular weight is 461 g/mol. The number of rotatable bonds is 5. The van der Waals surface area contributed by atoms with E-state index in [2.05, 4.69) is 0 Å². The van der Waals surface area contributed by atoms with Crippen molar-refractivity contribution in [1.29, 1.82) is 0 Å². The number of thioether (sulfide) groups is 1. The number of fused-ring (bicyclic) bond motifs is 1. The summed E-state index contributed by atoms with van der Waals surface area (Å²) >= 11 is 6.22. The van der Waals surface area contributed by atoms with Crippen LogP contribution < -0.4 is 5.11 Å². The van der Waals surface area contributed by atoms with Gasteiger partial charge in [0.2, 0.25) is 0 Å². The highest BCUT2D eigenvalue weighted by atomic mass is 32.2. The van der Waals surface area contributed by atoms with E-state index >= 15 is 0 Å². The summed E-state index contributed by atoms with van der Waals surface area (Å²) < 4.78 is 7.89. The maximum Gasteiger partial charge on any atom is 0.266 e. The van der Waals surface area contributed by atoms with E-state index in [-0.39, 0.29) is 4.32 Å². The summed E-state index contributed by atoms with van der Waals surface area (Å²) in [6, 6.07) is 19.1. The minimum atomic E-state index is -1.37. The molecule has 4 aromatic rings. The van der Waals surface area contributed by atoms with Crippen LogP contribution >= 0.6 is 24.0 Å². The monoisotopic (exact) mass is 460 g/mol. The third-order valence-electron chi connectivity index (χ3n) is 4.87. The number of hydrogen-bond donors (Lipinski definition) is 0. The molecule has 1 aliphatic heterocycles. The van der Waals surface area contributed by atoms with Crippen LogP contribution in [0.3, 0.4) is 0 Å². The zero-order valence-corrected chi connectivity index (χ0v) is 18.1. The Kier molecular flexibility index (Phi) is 5.12. The molecule has 2 aromatic carbocycles. The maximum atomic E-state index is 12.7. The highest BCUT2D eigenvalue weighted by Crippen LogP contribution is 2.36. The van der Waals surface area contributed by atoms with Crippen LogP contribution in [0.15, 0.2) is 76.2 Å². The molecule has 32 heavy (non-hydrogen) atoms. The molecule has 5 rings (SSSR count). The first-order chi connectivity index (χ1) is 15.5. The van der Waals surface area contributed by atoms with Gasteiger partial charge in [0.25, 0.3) is 5.91 Å². The van der Waals surface area contributed by atoms with Crippen LogP contribution in [-0.4, -0.2) is 37.4 Å². The molecule has 2 aromatic heterocycles. The third-order valence-corrected chi connectivity index (χ3v) is 6.25. The van der Waals surface area contributed by atoms with Gasteiger partial charge in [-0.05, 0) is 30.3 Å². The summed E-state index contributed by atoms with van der Waals surface area (Å²) in [5, 5.41) is 16.6. The van der Waals surface area contributed by atoms with Crippen LogP contribution in [-0.2, 0) is 9.59 Å². The van der Waals surface area contributed by atoms with Crippen molar-refractivity contribution in [1.82, 2.24) is 14.7 Å². The smallest absolute Gasteiger partial charge is 0.266 e. The largest absolute Gasteiger partial charge is 0.548 e. The number of aromatic nitrogens is 2. The summed E-state index contributed by atoms with van der Waals surface area (Å²) in [7, 11) is 0. The van der Waals surface area contributed by atoms with Crippen molar-refractivity contribution in [2.24, 2.45) is 0 Å². The second-order valence-electron chi connectivity index (χ2n) is 7.00. The highest BCUT2D eigenvalue weighted by Gasteiger charge is 2.32. The molecular weight excluding hydrogens is 446 g/mol. The number of carboxylic acid groups (broad SMARTS) is 1. The lowest BCUT2D eigenvalue weighted by Crippen LogP contribution is -2.40. The molecular formula is C23H14N3O4S2-. The number of hydrogen-bond acceptors (Lipinski definition) is 7. The molecule has 0 spiro atoms. The number of carboxylic acids is 1. The molecule has 3 heterocycles. The zero-order valence-electron chi connectivity index (χ0n) is 16.4. The van der Waals surface area contributed by atoms with E-state index in [0.717, 1.165) is 33.3 Å². The van der Waals surface area contributed by atoms with E-state index in [1.807, 2.05) is 60.7 Å². The number of nitrogens with zero attached hydrogens (tertiary/aromatic N) is 3. The van der Waals surface area contributed by atoms with Gasteiger partial charge in [-0.15, -0.1) is 0 Å². The van der Waals surface area contributed by atoms with Gasteiger partial charge in [-0.25, -0.2) is 4.68 Å². The van der Waals surface area contributed by atoms with Gasteiger partial charge in [-0.1, -0.05) is 60.4 Å². The van der Waals surface area contributed by atoms with E-state index in [1.54, 1.807) is 17.0 Å². The minimum absolute atomic E-state index is 0.172. The molecule has 0 atom stereocenters. The molecule has 0 radical (unpaired) electrons. The molecule has 0 aliphatic carbocycles. The fraction of sp³-hybridized carbons (Fsp3) is 0.0435. The van der Waals surface area contributed by atoms with Gasteiger partial charge in [-0.3, -0.25) is 9.69 Å². The SMILES string of the molecule is O=C([O-])CN1C(=O)C(=Cc2cn(-c3ccccc3)nc2-c2cc3ccccc3o2)SC1=S. The molecule has 1 fully saturated rings.